The molecule has 19 heavy (non-hydrogen) atoms. The van der Waals surface area contributed by atoms with Crippen LogP contribution in [-0.4, -0.2) is 4.33 Å². The highest BCUT2D eigenvalue weighted by atomic mass is 35.5. The third-order valence-electron chi connectivity index (χ3n) is 5.54. The molecule has 2 saturated carbocycles. The Morgan fingerprint density at radius 1 is 0.842 bits per heavy atom. The first kappa shape index (κ1) is 16.0. The maximum absolute atomic E-state index is 6.24. The molecule has 0 unspecified atom stereocenters. The Bertz CT molecular complexity index is 244. The smallest absolute Gasteiger partial charge is 0.102 e. The van der Waals surface area contributed by atoms with Gasteiger partial charge in [-0.2, -0.15) is 0 Å². The fraction of sp³-hybridized carbons (Fsp3) is 1.00. The highest BCUT2D eigenvalue weighted by molar-refractivity contribution is 6.48. The van der Waals surface area contributed by atoms with Crippen molar-refractivity contribution < 1.29 is 0 Å². The largest absolute Gasteiger partial charge is 0.118 e. The Morgan fingerprint density at radius 3 is 2.00 bits per heavy atom. The van der Waals surface area contributed by atoms with Gasteiger partial charge in [-0.25, -0.2) is 0 Å². The molecule has 0 heterocycles. The van der Waals surface area contributed by atoms with Crippen LogP contribution in [-0.2, 0) is 0 Å². The number of hydrogen-bond acceptors (Lipinski definition) is 0. The van der Waals surface area contributed by atoms with E-state index in [-0.39, 0.29) is 0 Å². The van der Waals surface area contributed by atoms with Crippen molar-refractivity contribution in [2.24, 2.45) is 17.8 Å². The normalized spacial score (nSPS) is 32.4. The van der Waals surface area contributed by atoms with Crippen LogP contribution in [0, 0.1) is 17.8 Å². The van der Waals surface area contributed by atoms with E-state index < -0.39 is 4.33 Å². The summed E-state index contributed by atoms with van der Waals surface area (Å²) in [6, 6.07) is 0. The molecule has 0 radical (unpaired) electrons. The molecule has 0 amide bonds. The molecule has 0 N–H and O–H groups in total. The molecule has 0 saturated heterocycles. The SMILES string of the molecule is CCCCC[C@H]1CC[C@H](C2CCC(Cl)(Cl)CC2)CC1. The number of halogens is 2. The lowest BCUT2D eigenvalue weighted by Crippen LogP contribution is -2.29. The molecule has 2 heteroatoms. The molecular weight excluding hydrogens is 275 g/mol. The van der Waals surface area contributed by atoms with Crippen LogP contribution in [0.1, 0.15) is 84.0 Å². The van der Waals surface area contributed by atoms with Crippen LogP contribution in [0.2, 0.25) is 0 Å². The molecule has 2 rings (SSSR count). The Morgan fingerprint density at radius 2 is 1.42 bits per heavy atom. The fourth-order valence-corrected chi connectivity index (χ4v) is 4.60. The fourth-order valence-electron chi connectivity index (χ4n) is 4.17. The van der Waals surface area contributed by atoms with Crippen molar-refractivity contribution >= 4 is 23.2 Å². The third-order valence-corrected chi connectivity index (χ3v) is 6.29. The summed E-state index contributed by atoms with van der Waals surface area (Å²) in [5.74, 6) is 2.93. The molecule has 0 aromatic heterocycles. The van der Waals surface area contributed by atoms with Gasteiger partial charge in [-0.3, -0.25) is 0 Å². The monoisotopic (exact) mass is 304 g/mol. The average Bonchev–Trinajstić information content (AvgIpc) is 2.40. The van der Waals surface area contributed by atoms with Crippen LogP contribution in [0.15, 0.2) is 0 Å². The van der Waals surface area contributed by atoms with Crippen LogP contribution >= 0.6 is 23.2 Å². The lowest BCUT2D eigenvalue weighted by Gasteiger charge is -2.38. The van der Waals surface area contributed by atoms with Crippen LogP contribution in [0.3, 0.4) is 0 Å². The van der Waals surface area contributed by atoms with Gasteiger partial charge in [0.05, 0.1) is 0 Å². The van der Waals surface area contributed by atoms with E-state index in [2.05, 4.69) is 6.92 Å². The first-order valence-electron chi connectivity index (χ1n) is 8.48. The van der Waals surface area contributed by atoms with Crippen molar-refractivity contribution in [1.29, 1.82) is 0 Å². The van der Waals surface area contributed by atoms with Crippen molar-refractivity contribution in [2.45, 2.75) is 88.3 Å². The van der Waals surface area contributed by atoms with Crippen molar-refractivity contribution in [3.8, 4) is 0 Å². The van der Waals surface area contributed by atoms with Crippen molar-refractivity contribution in [1.82, 2.24) is 0 Å². The van der Waals surface area contributed by atoms with Gasteiger partial charge >= 0.3 is 0 Å². The summed E-state index contributed by atoms with van der Waals surface area (Å²) in [4.78, 5) is 0. The molecule has 2 aliphatic carbocycles. The average molecular weight is 305 g/mol. The van der Waals surface area contributed by atoms with Crippen molar-refractivity contribution in [3.05, 3.63) is 0 Å². The summed E-state index contributed by atoms with van der Waals surface area (Å²) in [6.45, 7) is 2.30. The minimum absolute atomic E-state index is 0.409. The summed E-state index contributed by atoms with van der Waals surface area (Å²) in [5.41, 5.74) is 0. The summed E-state index contributed by atoms with van der Waals surface area (Å²) < 4.78 is -0.409. The minimum Gasteiger partial charge on any atom is -0.102 e. The summed E-state index contributed by atoms with van der Waals surface area (Å²) >= 11 is 12.5. The van der Waals surface area contributed by atoms with Gasteiger partial charge in [0.1, 0.15) is 4.33 Å². The van der Waals surface area contributed by atoms with Gasteiger partial charge < -0.3 is 0 Å². The first-order valence-corrected chi connectivity index (χ1v) is 9.24. The highest BCUT2D eigenvalue weighted by Gasteiger charge is 2.35. The molecule has 0 aliphatic heterocycles. The van der Waals surface area contributed by atoms with Crippen molar-refractivity contribution in [3.63, 3.8) is 0 Å². The van der Waals surface area contributed by atoms with E-state index >= 15 is 0 Å². The van der Waals surface area contributed by atoms with Gasteiger partial charge in [0, 0.05) is 0 Å². The second kappa shape index (κ2) is 7.55. The predicted molar refractivity (Wildman–Crippen MR) is 86.0 cm³/mol. The zero-order valence-corrected chi connectivity index (χ0v) is 14.0. The maximum atomic E-state index is 6.24. The third kappa shape index (κ3) is 5.12. The number of hydrogen-bond donors (Lipinski definition) is 0. The topological polar surface area (TPSA) is 0 Å². The lowest BCUT2D eigenvalue weighted by atomic mass is 9.70. The van der Waals surface area contributed by atoms with Gasteiger partial charge in [0.15, 0.2) is 0 Å². The summed E-state index contributed by atoms with van der Waals surface area (Å²) in [7, 11) is 0. The van der Waals surface area contributed by atoms with Gasteiger partial charge in [-0.15, -0.1) is 23.2 Å². The molecule has 0 bridgehead atoms. The minimum atomic E-state index is -0.409. The zero-order valence-electron chi connectivity index (χ0n) is 12.5. The van der Waals surface area contributed by atoms with E-state index in [0.717, 1.165) is 30.6 Å². The number of alkyl halides is 2. The summed E-state index contributed by atoms with van der Waals surface area (Å²) in [5, 5.41) is 0. The van der Waals surface area contributed by atoms with Gasteiger partial charge in [0.2, 0.25) is 0 Å². The second-order valence-corrected chi connectivity index (χ2v) is 8.61. The van der Waals surface area contributed by atoms with E-state index in [4.69, 9.17) is 23.2 Å². The molecule has 0 spiro atoms. The Labute approximate surface area is 129 Å². The first-order chi connectivity index (χ1) is 9.11. The lowest BCUT2D eigenvalue weighted by molar-refractivity contribution is 0.159. The molecule has 2 fully saturated rings. The summed E-state index contributed by atoms with van der Waals surface area (Å²) in [6.07, 6.45) is 16.2. The van der Waals surface area contributed by atoms with Crippen molar-refractivity contribution in [2.75, 3.05) is 0 Å². The zero-order chi connectivity index (χ0) is 13.7. The molecule has 2 aliphatic rings. The molecular formula is C17H30Cl2. The number of unbranched alkanes of at least 4 members (excludes halogenated alkanes) is 2. The van der Waals surface area contributed by atoms with E-state index in [1.54, 1.807) is 0 Å². The van der Waals surface area contributed by atoms with Gasteiger partial charge in [0.25, 0.3) is 0 Å². The van der Waals surface area contributed by atoms with Crippen LogP contribution in [0.25, 0.3) is 0 Å². The van der Waals surface area contributed by atoms with Crippen LogP contribution in [0.4, 0.5) is 0 Å². The standard InChI is InChI=1S/C17H30Cl2/c1-2-3-4-5-14-6-8-15(9-7-14)16-10-12-17(18,19)13-11-16/h14-16H,2-13H2,1H3/t14-,15-. The molecule has 112 valence electrons. The van der Waals surface area contributed by atoms with E-state index in [1.807, 2.05) is 0 Å². The Balaban J connectivity index is 1.66. The van der Waals surface area contributed by atoms with Crippen LogP contribution < -0.4 is 0 Å². The Hall–Kier alpha value is 0.580. The maximum Gasteiger partial charge on any atom is 0.118 e. The van der Waals surface area contributed by atoms with E-state index in [0.29, 0.717) is 0 Å². The molecule has 0 nitrogen and oxygen atoms in total. The number of rotatable bonds is 5. The van der Waals surface area contributed by atoms with E-state index in [1.165, 1.54) is 64.2 Å². The van der Waals surface area contributed by atoms with Gasteiger partial charge in [-0.1, -0.05) is 45.4 Å². The quantitative estimate of drug-likeness (QED) is 0.390. The molecule has 0 atom stereocenters. The predicted octanol–water partition coefficient (Wildman–Crippen LogP) is 6.74. The molecule has 0 aromatic rings. The molecule has 0 aromatic carbocycles. The van der Waals surface area contributed by atoms with Crippen LogP contribution in [0.5, 0.6) is 0 Å². The van der Waals surface area contributed by atoms with Gasteiger partial charge in [-0.05, 0) is 56.3 Å². The Kier molecular flexibility index (Phi) is 6.34. The highest BCUT2D eigenvalue weighted by Crippen LogP contribution is 2.46. The van der Waals surface area contributed by atoms with E-state index in [9.17, 15) is 0 Å². The second-order valence-electron chi connectivity index (χ2n) is 6.97.